The molecular formula is C20H21ClN2O3S. The van der Waals surface area contributed by atoms with Crippen LogP contribution in [0.2, 0.25) is 5.02 Å². The molecule has 0 atom stereocenters. The highest BCUT2D eigenvalue weighted by molar-refractivity contribution is 7.80. The average Bonchev–Trinajstić information content (AvgIpc) is 3.14. The zero-order chi connectivity index (χ0) is 18.8. The Morgan fingerprint density at radius 2 is 1.96 bits per heavy atom. The van der Waals surface area contributed by atoms with E-state index in [4.69, 9.17) is 38.0 Å². The zero-order valence-corrected chi connectivity index (χ0v) is 16.6. The van der Waals surface area contributed by atoms with Crippen LogP contribution in [0.5, 0.6) is 17.2 Å². The lowest BCUT2D eigenvalue weighted by Crippen LogP contribution is -2.43. The smallest absolute Gasteiger partial charge is 0.231 e. The number of hydrogen-bond acceptors (Lipinski definition) is 4. The third kappa shape index (κ3) is 4.06. The lowest BCUT2D eigenvalue weighted by atomic mass is 10.1. The molecule has 0 unspecified atom stereocenters. The molecule has 1 saturated heterocycles. The number of benzene rings is 2. The first-order valence-electron chi connectivity index (χ1n) is 8.97. The Kier molecular flexibility index (Phi) is 5.27. The van der Waals surface area contributed by atoms with Crippen molar-refractivity contribution in [2.45, 2.75) is 25.9 Å². The fourth-order valence-corrected chi connectivity index (χ4v) is 3.72. The number of ether oxygens (including phenoxy) is 3. The van der Waals surface area contributed by atoms with E-state index in [2.05, 4.69) is 10.2 Å². The molecular weight excluding hydrogens is 384 g/mol. The van der Waals surface area contributed by atoms with Crippen molar-refractivity contribution in [1.29, 1.82) is 0 Å². The maximum Gasteiger partial charge on any atom is 0.231 e. The van der Waals surface area contributed by atoms with Crippen LogP contribution >= 0.6 is 23.8 Å². The minimum absolute atomic E-state index is 0.159. The second kappa shape index (κ2) is 7.82. The van der Waals surface area contributed by atoms with Gasteiger partial charge < -0.3 is 24.4 Å². The van der Waals surface area contributed by atoms with Crippen molar-refractivity contribution >= 4 is 34.6 Å². The first-order valence-corrected chi connectivity index (χ1v) is 9.76. The molecule has 0 amide bonds. The van der Waals surface area contributed by atoms with E-state index in [0.29, 0.717) is 10.1 Å². The van der Waals surface area contributed by atoms with E-state index in [9.17, 15) is 0 Å². The summed E-state index contributed by atoms with van der Waals surface area (Å²) in [6.07, 6.45) is 1.96. The van der Waals surface area contributed by atoms with E-state index in [0.717, 1.165) is 54.4 Å². The van der Waals surface area contributed by atoms with Gasteiger partial charge in [0.05, 0.1) is 10.7 Å². The van der Waals surface area contributed by atoms with Crippen LogP contribution in [0.4, 0.5) is 5.69 Å². The molecule has 0 spiro atoms. The maximum atomic E-state index is 6.35. The number of thiocarbonyl (C=S) groups is 1. The molecule has 1 N–H and O–H groups in total. The van der Waals surface area contributed by atoms with Gasteiger partial charge in [0.2, 0.25) is 6.79 Å². The van der Waals surface area contributed by atoms with Crippen molar-refractivity contribution in [3.8, 4) is 17.2 Å². The van der Waals surface area contributed by atoms with Crippen LogP contribution in [0.15, 0.2) is 36.4 Å². The van der Waals surface area contributed by atoms with Crippen molar-refractivity contribution in [1.82, 2.24) is 4.90 Å². The van der Waals surface area contributed by atoms with E-state index < -0.39 is 0 Å². The van der Waals surface area contributed by atoms with E-state index in [-0.39, 0.29) is 12.9 Å². The van der Waals surface area contributed by atoms with Crippen molar-refractivity contribution in [2.75, 3.05) is 25.2 Å². The Morgan fingerprint density at radius 3 is 2.78 bits per heavy atom. The van der Waals surface area contributed by atoms with Crippen LogP contribution in [0.25, 0.3) is 0 Å². The summed E-state index contributed by atoms with van der Waals surface area (Å²) in [4.78, 5) is 2.16. The second-order valence-corrected chi connectivity index (χ2v) is 7.45. The normalized spacial score (nSPS) is 16.3. The minimum atomic E-state index is 0.159. The zero-order valence-electron chi connectivity index (χ0n) is 15.0. The van der Waals surface area contributed by atoms with Gasteiger partial charge in [-0.1, -0.05) is 23.7 Å². The molecule has 2 aliphatic heterocycles. The lowest BCUT2D eigenvalue weighted by molar-refractivity contribution is 0.131. The Balaban J connectivity index is 1.31. The summed E-state index contributed by atoms with van der Waals surface area (Å²) in [5.41, 5.74) is 1.88. The van der Waals surface area contributed by atoms with Gasteiger partial charge in [0.25, 0.3) is 0 Å². The van der Waals surface area contributed by atoms with Gasteiger partial charge >= 0.3 is 0 Å². The molecule has 1 fully saturated rings. The summed E-state index contributed by atoms with van der Waals surface area (Å²) < 4.78 is 16.9. The van der Waals surface area contributed by atoms with Crippen molar-refractivity contribution < 1.29 is 14.2 Å². The Bertz CT molecular complexity index is 853. The van der Waals surface area contributed by atoms with Gasteiger partial charge in [0, 0.05) is 32.0 Å². The molecule has 27 heavy (non-hydrogen) atoms. The van der Waals surface area contributed by atoms with E-state index in [1.807, 2.05) is 43.3 Å². The summed E-state index contributed by atoms with van der Waals surface area (Å²) in [7, 11) is 0. The van der Waals surface area contributed by atoms with Crippen molar-refractivity contribution in [3.05, 3.63) is 47.0 Å². The van der Waals surface area contributed by atoms with Crippen LogP contribution in [0, 0.1) is 6.92 Å². The first-order chi connectivity index (χ1) is 13.1. The van der Waals surface area contributed by atoms with Crippen LogP contribution in [-0.2, 0) is 0 Å². The number of fused-ring (bicyclic) bond motifs is 1. The summed E-state index contributed by atoms with van der Waals surface area (Å²) in [5.74, 6) is 2.32. The topological polar surface area (TPSA) is 43.0 Å². The number of nitrogens with one attached hydrogen (secondary N) is 1. The quantitative estimate of drug-likeness (QED) is 0.753. The predicted molar refractivity (Wildman–Crippen MR) is 110 cm³/mol. The number of anilines is 1. The summed E-state index contributed by atoms with van der Waals surface area (Å²) in [5, 5.41) is 4.68. The Hall–Kier alpha value is -2.18. The number of likely N-dealkylation sites (tertiary alicyclic amines) is 1. The highest BCUT2D eigenvalue weighted by Crippen LogP contribution is 2.36. The van der Waals surface area contributed by atoms with Gasteiger partial charge in [-0.05, 0) is 42.9 Å². The number of halogens is 1. The van der Waals surface area contributed by atoms with Crippen molar-refractivity contribution in [3.63, 3.8) is 0 Å². The molecule has 142 valence electrons. The molecule has 4 rings (SSSR count). The van der Waals surface area contributed by atoms with Gasteiger partial charge in [0.1, 0.15) is 11.9 Å². The van der Waals surface area contributed by atoms with Crippen LogP contribution in [0.3, 0.4) is 0 Å². The largest absolute Gasteiger partial charge is 0.490 e. The van der Waals surface area contributed by atoms with E-state index in [1.54, 1.807) is 0 Å². The molecule has 0 bridgehead atoms. The molecule has 0 saturated carbocycles. The number of aryl methyl sites for hydroxylation is 1. The third-order valence-corrected chi connectivity index (χ3v) is 5.67. The molecule has 2 heterocycles. The minimum Gasteiger partial charge on any atom is -0.490 e. The van der Waals surface area contributed by atoms with E-state index in [1.165, 1.54) is 0 Å². The molecule has 2 aromatic carbocycles. The monoisotopic (exact) mass is 404 g/mol. The summed E-state index contributed by atoms with van der Waals surface area (Å²) >= 11 is 11.9. The number of hydrogen-bond donors (Lipinski definition) is 1. The molecule has 0 aromatic heterocycles. The molecule has 2 aromatic rings. The highest BCUT2D eigenvalue weighted by Gasteiger charge is 2.23. The molecule has 5 nitrogen and oxygen atoms in total. The van der Waals surface area contributed by atoms with Gasteiger partial charge in [0.15, 0.2) is 16.6 Å². The van der Waals surface area contributed by atoms with Gasteiger partial charge in [-0.2, -0.15) is 0 Å². The third-order valence-electron chi connectivity index (χ3n) is 4.81. The Labute approximate surface area is 169 Å². The molecule has 7 heteroatoms. The number of nitrogens with zero attached hydrogens (tertiary/aromatic N) is 1. The number of piperidine rings is 1. The van der Waals surface area contributed by atoms with Crippen LogP contribution < -0.4 is 19.5 Å². The molecule has 0 aliphatic carbocycles. The van der Waals surface area contributed by atoms with E-state index >= 15 is 0 Å². The van der Waals surface area contributed by atoms with Crippen LogP contribution in [0.1, 0.15) is 18.4 Å². The second-order valence-electron chi connectivity index (χ2n) is 6.69. The fraction of sp³-hybridized carbons (Fsp3) is 0.350. The average molecular weight is 405 g/mol. The molecule has 2 aliphatic rings. The Morgan fingerprint density at radius 1 is 1.19 bits per heavy atom. The standard InChI is InChI=1S/C20H21ClN2O3S/c1-13-3-2-4-16(19(13)21)22-20(27)23-9-7-14(8-10-23)26-15-5-6-17-18(11-15)25-12-24-17/h2-6,11,14H,7-10,12H2,1H3,(H,22,27). The summed E-state index contributed by atoms with van der Waals surface area (Å²) in [6.45, 7) is 3.93. The SMILES string of the molecule is Cc1cccc(NC(=S)N2CCC(Oc3ccc4c(c3)OCO4)CC2)c1Cl. The van der Waals surface area contributed by atoms with Gasteiger partial charge in [-0.25, -0.2) is 0 Å². The van der Waals surface area contributed by atoms with Crippen LogP contribution in [-0.4, -0.2) is 36.0 Å². The van der Waals surface area contributed by atoms with Crippen molar-refractivity contribution in [2.24, 2.45) is 0 Å². The number of rotatable bonds is 3. The summed E-state index contributed by atoms with van der Waals surface area (Å²) in [6, 6.07) is 11.6. The fourth-order valence-electron chi connectivity index (χ4n) is 3.26. The van der Waals surface area contributed by atoms with Gasteiger partial charge in [-0.3, -0.25) is 0 Å². The first kappa shape index (κ1) is 18.2. The lowest BCUT2D eigenvalue weighted by Gasteiger charge is -2.34. The highest BCUT2D eigenvalue weighted by atomic mass is 35.5. The van der Waals surface area contributed by atoms with Gasteiger partial charge in [-0.15, -0.1) is 0 Å². The maximum absolute atomic E-state index is 6.35. The molecule has 0 radical (unpaired) electrons. The predicted octanol–water partition coefficient (Wildman–Crippen LogP) is 4.62.